The number of hydrogen-bond acceptors (Lipinski definition) is 6. The van der Waals surface area contributed by atoms with E-state index in [1.807, 2.05) is 36.8 Å². The van der Waals surface area contributed by atoms with Gasteiger partial charge in [-0.3, -0.25) is 15.0 Å². The van der Waals surface area contributed by atoms with E-state index in [1.54, 1.807) is 0 Å². The van der Waals surface area contributed by atoms with Crippen LogP contribution >= 0.6 is 0 Å². The number of benzene rings is 10. The minimum absolute atomic E-state index is 0. The molecule has 16 rings (SSSR count). The van der Waals surface area contributed by atoms with Crippen LogP contribution in [0.4, 0.5) is 0 Å². The van der Waals surface area contributed by atoms with Gasteiger partial charge >= 0.3 is 0 Å². The van der Waals surface area contributed by atoms with Crippen molar-refractivity contribution < 1.29 is 0 Å². The Morgan fingerprint density at radius 1 is 0.210 bits per heavy atom. The molecule has 0 N–H and O–H groups in total. The maximum absolute atomic E-state index is 5.22. The van der Waals surface area contributed by atoms with E-state index in [1.165, 1.54) is 27.3 Å². The van der Waals surface area contributed by atoms with E-state index in [0.717, 1.165) is 127 Å². The molecule has 380 valence electrons. The summed E-state index contributed by atoms with van der Waals surface area (Å²) in [7, 11) is 0. The minimum Gasteiger partial charge on any atom is -0.256 e. The van der Waals surface area contributed by atoms with Crippen molar-refractivity contribution in [1.29, 1.82) is 0 Å². The number of pyridine rings is 6. The highest BCUT2D eigenvalue weighted by Gasteiger charge is 2.15. The lowest BCUT2D eigenvalue weighted by Crippen LogP contribution is -1.91. The van der Waals surface area contributed by atoms with E-state index in [0.29, 0.717) is 0 Å². The van der Waals surface area contributed by atoms with Gasteiger partial charge < -0.3 is 0 Å². The lowest BCUT2D eigenvalue weighted by molar-refractivity contribution is 1.37. The number of para-hydroxylation sites is 1. The van der Waals surface area contributed by atoms with Crippen molar-refractivity contribution in [2.45, 2.75) is 7.43 Å². The van der Waals surface area contributed by atoms with Crippen LogP contribution in [0.15, 0.2) is 279 Å². The van der Waals surface area contributed by atoms with Gasteiger partial charge in [0.1, 0.15) is 0 Å². The van der Waals surface area contributed by atoms with Crippen molar-refractivity contribution in [2.24, 2.45) is 0 Å². The Labute approximate surface area is 468 Å². The summed E-state index contributed by atoms with van der Waals surface area (Å²) >= 11 is 0. The number of hydrogen-bond donors (Lipinski definition) is 0. The van der Waals surface area contributed by atoms with Crippen molar-refractivity contribution in [2.75, 3.05) is 0 Å². The van der Waals surface area contributed by atoms with Crippen LogP contribution in [0.5, 0.6) is 0 Å². The van der Waals surface area contributed by atoms with Crippen LogP contribution in [0.1, 0.15) is 7.43 Å². The first-order valence-corrected chi connectivity index (χ1v) is 26.9. The van der Waals surface area contributed by atoms with Gasteiger partial charge in [0, 0.05) is 73.2 Å². The summed E-state index contributed by atoms with van der Waals surface area (Å²) in [5.74, 6) is 0. The summed E-state index contributed by atoms with van der Waals surface area (Å²) in [6.07, 6.45) is 5.52. The van der Waals surface area contributed by atoms with Gasteiger partial charge in [0.2, 0.25) is 0 Å². The molecule has 0 saturated heterocycles. The zero-order valence-electron chi connectivity index (χ0n) is 43.2. The maximum atomic E-state index is 5.22. The summed E-state index contributed by atoms with van der Waals surface area (Å²) in [5, 5.41) is 11.4. The molecule has 0 aliphatic heterocycles. The molecular formula is C75H50N6. The Kier molecular flexibility index (Phi) is 12.3. The summed E-state index contributed by atoms with van der Waals surface area (Å²) in [4.78, 5) is 29.2. The third-order valence-electron chi connectivity index (χ3n) is 15.4. The standard InChI is InChI=1S/C40H26N2.C34H20N4.CH4/c1-2-8-27(9-3-1)33-21-22-36-37(26-38(42-39(36)25-33)34-20-15-28-10-4-5-11-32(28)24-34)30-18-16-29(17-19-30)35-14-6-12-31-13-7-23-41-40(31)35;1-3-22-7-9-24-13-15-29(37-33(24)31(22)35-17-1)26-11-5-21-6-12-27(20-28(21)19-26)30-16-14-25-10-8-23-4-2-18-36-32(23)34(25)38-30;/h1-26H;1-20H;1H4. The molecule has 0 fully saturated rings. The monoisotopic (exact) mass is 1030 g/mol. The molecule has 6 heterocycles. The van der Waals surface area contributed by atoms with Crippen molar-refractivity contribution in [1.82, 2.24) is 29.9 Å². The van der Waals surface area contributed by atoms with Gasteiger partial charge in [-0.2, -0.15) is 0 Å². The molecule has 6 aromatic heterocycles. The first-order valence-electron chi connectivity index (χ1n) is 26.9. The highest BCUT2D eigenvalue weighted by atomic mass is 14.8. The molecule has 0 unspecified atom stereocenters. The normalized spacial score (nSPS) is 11.4. The maximum Gasteiger partial charge on any atom is 0.0972 e. The van der Waals surface area contributed by atoms with Crippen molar-refractivity contribution in [3.05, 3.63) is 279 Å². The quantitative estimate of drug-likeness (QED) is 0.154. The Hall–Kier alpha value is -10.8. The van der Waals surface area contributed by atoms with Crippen LogP contribution in [-0.2, 0) is 0 Å². The van der Waals surface area contributed by atoms with E-state index >= 15 is 0 Å². The minimum atomic E-state index is 0. The zero-order valence-corrected chi connectivity index (χ0v) is 43.2. The van der Waals surface area contributed by atoms with Gasteiger partial charge in [-0.1, -0.05) is 208 Å². The third-order valence-corrected chi connectivity index (χ3v) is 15.4. The van der Waals surface area contributed by atoms with Gasteiger partial charge in [-0.15, -0.1) is 0 Å². The summed E-state index contributed by atoms with van der Waals surface area (Å²) < 4.78 is 0. The second kappa shape index (κ2) is 20.5. The molecule has 0 bridgehead atoms. The number of nitrogens with zero attached hydrogens (tertiary/aromatic N) is 6. The summed E-state index contributed by atoms with van der Waals surface area (Å²) in [6, 6.07) is 91.7. The lowest BCUT2D eigenvalue weighted by atomic mass is 9.94. The fourth-order valence-electron chi connectivity index (χ4n) is 11.3. The van der Waals surface area contributed by atoms with Crippen molar-refractivity contribution in [3.8, 4) is 67.2 Å². The fourth-order valence-corrected chi connectivity index (χ4v) is 11.3. The van der Waals surface area contributed by atoms with Gasteiger partial charge in [0.25, 0.3) is 0 Å². The van der Waals surface area contributed by atoms with E-state index < -0.39 is 0 Å². The highest BCUT2D eigenvalue weighted by molar-refractivity contribution is 6.06. The molecule has 0 saturated carbocycles. The van der Waals surface area contributed by atoms with Gasteiger partial charge in [0.15, 0.2) is 0 Å². The fraction of sp³-hybridized carbons (Fsp3) is 0.0133. The Bertz CT molecular complexity index is 4920. The molecule has 0 atom stereocenters. The molecule has 0 radical (unpaired) electrons. The Morgan fingerprint density at radius 2 is 0.642 bits per heavy atom. The van der Waals surface area contributed by atoms with Crippen LogP contribution in [-0.4, -0.2) is 29.9 Å². The van der Waals surface area contributed by atoms with Crippen LogP contribution < -0.4 is 0 Å². The predicted molar refractivity (Wildman–Crippen MR) is 339 cm³/mol. The molecular weight excluding hydrogens is 985 g/mol. The zero-order chi connectivity index (χ0) is 52.9. The second-order valence-corrected chi connectivity index (χ2v) is 20.3. The van der Waals surface area contributed by atoms with E-state index in [-0.39, 0.29) is 7.43 Å². The molecule has 0 aliphatic rings. The van der Waals surface area contributed by atoms with Crippen LogP contribution in [0.3, 0.4) is 0 Å². The highest BCUT2D eigenvalue weighted by Crippen LogP contribution is 2.38. The molecule has 0 aliphatic carbocycles. The molecule has 0 spiro atoms. The average molecular weight is 1040 g/mol. The second-order valence-electron chi connectivity index (χ2n) is 20.3. The topological polar surface area (TPSA) is 77.3 Å². The average Bonchev–Trinajstić information content (AvgIpc) is 3.55. The van der Waals surface area contributed by atoms with Crippen LogP contribution in [0, 0.1) is 0 Å². The lowest BCUT2D eigenvalue weighted by Gasteiger charge is -2.13. The SMILES string of the molecule is C.c1ccc(-c2ccc3c(-c4ccc(-c5cccc6cccnc56)cc4)cc(-c4ccc5ccccc5c4)nc3c2)cc1.c1cnc2c(c1)ccc1ccc(-c3ccc4ccc(-c5ccc6ccc7cccnc7c6n5)cc4c3)nc12. The Morgan fingerprint density at radius 3 is 1.26 bits per heavy atom. The Balaban J connectivity index is 0.000000144. The first-order chi connectivity index (χ1) is 39.6. The number of rotatable bonds is 6. The van der Waals surface area contributed by atoms with Crippen molar-refractivity contribution >= 4 is 87.0 Å². The van der Waals surface area contributed by atoms with Crippen LogP contribution in [0.25, 0.3) is 154 Å². The van der Waals surface area contributed by atoms with Gasteiger partial charge in [-0.05, 0) is 110 Å². The van der Waals surface area contributed by atoms with Gasteiger partial charge in [0.05, 0.1) is 50.2 Å². The van der Waals surface area contributed by atoms with E-state index in [2.05, 4.69) is 258 Å². The summed E-state index contributed by atoms with van der Waals surface area (Å²) in [6.45, 7) is 0. The molecule has 10 aromatic carbocycles. The predicted octanol–water partition coefficient (Wildman–Crippen LogP) is 19.6. The molecule has 6 nitrogen and oxygen atoms in total. The molecule has 16 aromatic rings. The smallest absolute Gasteiger partial charge is 0.0972 e. The molecule has 0 amide bonds. The van der Waals surface area contributed by atoms with Crippen LogP contribution in [0.2, 0.25) is 0 Å². The summed E-state index contributed by atoms with van der Waals surface area (Å²) in [5.41, 5.74) is 18.8. The van der Waals surface area contributed by atoms with E-state index in [4.69, 9.17) is 15.0 Å². The van der Waals surface area contributed by atoms with Crippen molar-refractivity contribution in [3.63, 3.8) is 0 Å². The largest absolute Gasteiger partial charge is 0.256 e. The van der Waals surface area contributed by atoms with Gasteiger partial charge in [-0.25, -0.2) is 15.0 Å². The molecule has 6 heteroatoms. The first kappa shape index (κ1) is 48.5. The number of fused-ring (bicyclic) bond motifs is 10. The third kappa shape index (κ3) is 9.10. The number of aromatic nitrogens is 6. The van der Waals surface area contributed by atoms with E-state index in [9.17, 15) is 0 Å². The molecule has 81 heavy (non-hydrogen) atoms.